The minimum atomic E-state index is -0.461. The van der Waals surface area contributed by atoms with Gasteiger partial charge in [0.15, 0.2) is 5.82 Å². The number of carbonyl (C=O) groups is 1. The van der Waals surface area contributed by atoms with Gasteiger partial charge in [0, 0.05) is 6.92 Å². The lowest BCUT2D eigenvalue weighted by Gasteiger charge is -2.06. The molecule has 1 heterocycles. The van der Waals surface area contributed by atoms with Crippen molar-refractivity contribution < 1.29 is 9.53 Å². The number of benzene rings is 1. The summed E-state index contributed by atoms with van der Waals surface area (Å²) in [5.41, 5.74) is 2.47. The molecule has 1 amide bonds. The molecule has 0 aliphatic rings. The molecule has 0 saturated carbocycles. The van der Waals surface area contributed by atoms with Crippen molar-refractivity contribution in [3.63, 3.8) is 0 Å². The van der Waals surface area contributed by atoms with E-state index in [1.807, 2.05) is 0 Å². The van der Waals surface area contributed by atoms with Crippen LogP contribution in [0, 0.1) is 6.92 Å². The second-order valence-corrected chi connectivity index (χ2v) is 3.92. The molecule has 19 heavy (non-hydrogen) atoms. The van der Waals surface area contributed by atoms with Crippen molar-refractivity contribution in [3.05, 3.63) is 40.6 Å². The Morgan fingerprint density at radius 1 is 1.37 bits per heavy atom. The molecule has 7 nitrogen and oxygen atoms in total. The molecule has 0 unspecified atom stereocenters. The van der Waals surface area contributed by atoms with Crippen molar-refractivity contribution >= 4 is 5.91 Å². The van der Waals surface area contributed by atoms with Crippen molar-refractivity contribution in [2.45, 2.75) is 13.8 Å². The predicted molar refractivity (Wildman–Crippen MR) is 69.2 cm³/mol. The first kappa shape index (κ1) is 12.9. The van der Waals surface area contributed by atoms with E-state index in [0.717, 1.165) is 4.68 Å². The van der Waals surface area contributed by atoms with Gasteiger partial charge in [0.1, 0.15) is 11.4 Å². The Morgan fingerprint density at radius 2 is 2.05 bits per heavy atom. The third-order valence-electron chi connectivity index (χ3n) is 2.52. The number of amides is 1. The number of para-hydroxylation sites is 2. The van der Waals surface area contributed by atoms with Crippen LogP contribution >= 0.6 is 0 Å². The van der Waals surface area contributed by atoms with Crippen LogP contribution in [0.4, 0.5) is 0 Å². The lowest BCUT2D eigenvalue weighted by molar-refractivity contribution is -0.115. The second-order valence-electron chi connectivity index (χ2n) is 3.92. The van der Waals surface area contributed by atoms with Crippen LogP contribution in [0.15, 0.2) is 29.1 Å². The first-order chi connectivity index (χ1) is 9.04. The van der Waals surface area contributed by atoms with Crippen LogP contribution in [0.25, 0.3) is 5.69 Å². The molecule has 1 N–H and O–H groups in total. The average molecular weight is 262 g/mol. The molecule has 0 atom stereocenters. The number of nitrogens with one attached hydrogen (secondary N) is 1. The highest BCUT2D eigenvalue weighted by atomic mass is 16.5. The van der Waals surface area contributed by atoms with E-state index in [4.69, 9.17) is 4.74 Å². The maximum absolute atomic E-state index is 12.2. The molecule has 0 saturated heterocycles. The lowest BCUT2D eigenvalue weighted by Crippen LogP contribution is -2.33. The van der Waals surface area contributed by atoms with Crippen LogP contribution in [0.5, 0.6) is 5.75 Å². The van der Waals surface area contributed by atoms with Gasteiger partial charge in [-0.2, -0.15) is 9.36 Å². The molecule has 100 valence electrons. The molecule has 7 heteroatoms. The van der Waals surface area contributed by atoms with E-state index < -0.39 is 5.69 Å². The lowest BCUT2D eigenvalue weighted by atomic mass is 10.3. The molecule has 0 aliphatic heterocycles. The van der Waals surface area contributed by atoms with Gasteiger partial charge in [-0.3, -0.25) is 10.2 Å². The largest absolute Gasteiger partial charge is 0.494 e. The molecule has 1 aromatic heterocycles. The molecule has 0 fully saturated rings. The van der Waals surface area contributed by atoms with E-state index in [2.05, 4.69) is 10.5 Å². The van der Waals surface area contributed by atoms with E-state index in [1.165, 1.54) is 18.7 Å². The Hall–Kier alpha value is -2.57. The van der Waals surface area contributed by atoms with Crippen molar-refractivity contribution in [3.8, 4) is 11.4 Å². The Bertz CT molecular complexity index is 672. The van der Waals surface area contributed by atoms with E-state index in [-0.39, 0.29) is 5.91 Å². The van der Waals surface area contributed by atoms with E-state index >= 15 is 0 Å². The highest BCUT2D eigenvalue weighted by Gasteiger charge is 2.15. The van der Waals surface area contributed by atoms with Crippen molar-refractivity contribution in [2.75, 3.05) is 12.5 Å². The van der Waals surface area contributed by atoms with Crippen LogP contribution in [0.3, 0.4) is 0 Å². The first-order valence-corrected chi connectivity index (χ1v) is 5.64. The first-order valence-electron chi connectivity index (χ1n) is 5.64. The summed E-state index contributed by atoms with van der Waals surface area (Å²) in [4.78, 5) is 23.2. The third kappa shape index (κ3) is 2.35. The molecule has 0 bridgehead atoms. The summed E-state index contributed by atoms with van der Waals surface area (Å²) in [6, 6.07) is 7.02. The molecule has 1 aromatic carbocycles. The minimum absolute atomic E-state index is 0.343. The second kappa shape index (κ2) is 4.97. The highest BCUT2D eigenvalue weighted by molar-refractivity contribution is 5.80. The normalized spacial score (nSPS) is 10.3. The molecular formula is C12H14N4O3. The van der Waals surface area contributed by atoms with Gasteiger partial charge in [0.2, 0.25) is 5.91 Å². The quantitative estimate of drug-likeness (QED) is 0.870. The molecule has 2 rings (SSSR count). The average Bonchev–Trinajstić information content (AvgIpc) is 2.66. The Balaban J connectivity index is 2.58. The maximum Gasteiger partial charge on any atom is 0.370 e. The number of methoxy groups -OCH3 is 1. The number of aryl methyl sites for hydroxylation is 1. The summed E-state index contributed by atoms with van der Waals surface area (Å²) in [7, 11) is 1.52. The summed E-state index contributed by atoms with van der Waals surface area (Å²) in [5.74, 6) is 0.563. The molecule has 0 radical (unpaired) electrons. The monoisotopic (exact) mass is 262 g/mol. The SMILES string of the molecule is COc1ccccc1-n1nc(C)n(NC(C)=O)c1=O. The zero-order valence-corrected chi connectivity index (χ0v) is 10.9. The fraction of sp³-hybridized carbons (Fsp3) is 0.250. The summed E-state index contributed by atoms with van der Waals surface area (Å²) in [6.07, 6.45) is 0. The van der Waals surface area contributed by atoms with E-state index in [1.54, 1.807) is 31.2 Å². The molecule has 0 aliphatic carbocycles. The number of hydrogen-bond donors (Lipinski definition) is 1. The summed E-state index contributed by atoms with van der Waals surface area (Å²) in [6.45, 7) is 2.95. The number of carbonyl (C=O) groups excluding carboxylic acids is 1. The summed E-state index contributed by atoms with van der Waals surface area (Å²) < 4.78 is 7.47. The van der Waals surface area contributed by atoms with Gasteiger partial charge in [-0.1, -0.05) is 12.1 Å². The number of ether oxygens (including phenoxy) is 1. The van der Waals surface area contributed by atoms with Gasteiger partial charge in [0.05, 0.1) is 7.11 Å². The number of aromatic nitrogens is 3. The van der Waals surface area contributed by atoms with Crippen LogP contribution in [-0.2, 0) is 4.79 Å². The Morgan fingerprint density at radius 3 is 2.68 bits per heavy atom. The van der Waals surface area contributed by atoms with Crippen molar-refractivity contribution in [2.24, 2.45) is 0 Å². The predicted octanol–water partition coefficient (Wildman–Crippen LogP) is 0.441. The fourth-order valence-electron chi connectivity index (χ4n) is 1.71. The Kier molecular flexibility index (Phi) is 3.37. The van der Waals surface area contributed by atoms with Gasteiger partial charge in [-0.25, -0.2) is 4.79 Å². The van der Waals surface area contributed by atoms with Gasteiger partial charge in [0.25, 0.3) is 0 Å². The van der Waals surface area contributed by atoms with Gasteiger partial charge in [-0.15, -0.1) is 5.10 Å². The zero-order valence-electron chi connectivity index (χ0n) is 10.9. The Labute approximate surface area is 109 Å². The summed E-state index contributed by atoms with van der Waals surface area (Å²) >= 11 is 0. The minimum Gasteiger partial charge on any atom is -0.494 e. The number of nitrogens with zero attached hydrogens (tertiary/aromatic N) is 3. The van der Waals surface area contributed by atoms with Gasteiger partial charge in [-0.05, 0) is 19.1 Å². The van der Waals surface area contributed by atoms with Crippen LogP contribution < -0.4 is 15.9 Å². The maximum atomic E-state index is 12.2. The number of hydrogen-bond acceptors (Lipinski definition) is 4. The van der Waals surface area contributed by atoms with Crippen molar-refractivity contribution in [1.29, 1.82) is 0 Å². The topological polar surface area (TPSA) is 78.2 Å². The molecule has 0 spiro atoms. The third-order valence-corrected chi connectivity index (χ3v) is 2.52. The van der Waals surface area contributed by atoms with Crippen LogP contribution in [-0.4, -0.2) is 27.5 Å². The smallest absolute Gasteiger partial charge is 0.370 e. The van der Waals surface area contributed by atoms with Crippen molar-refractivity contribution in [1.82, 2.24) is 14.5 Å². The fourth-order valence-corrected chi connectivity index (χ4v) is 1.71. The molecule has 2 aromatic rings. The molecular weight excluding hydrogens is 248 g/mol. The van der Waals surface area contributed by atoms with E-state index in [0.29, 0.717) is 17.3 Å². The van der Waals surface area contributed by atoms with Crippen LogP contribution in [0.2, 0.25) is 0 Å². The number of rotatable bonds is 3. The van der Waals surface area contributed by atoms with E-state index in [9.17, 15) is 9.59 Å². The van der Waals surface area contributed by atoms with Gasteiger partial charge >= 0.3 is 5.69 Å². The standard InChI is InChI=1S/C12H14N4O3/c1-8-13-16(12(18)15(8)14-9(2)17)10-6-4-5-7-11(10)19-3/h4-7H,1-3H3,(H,14,17). The zero-order chi connectivity index (χ0) is 14.0. The highest BCUT2D eigenvalue weighted by Crippen LogP contribution is 2.19. The van der Waals surface area contributed by atoms with Crippen LogP contribution in [0.1, 0.15) is 12.7 Å². The summed E-state index contributed by atoms with van der Waals surface area (Å²) in [5, 5.41) is 4.11. The van der Waals surface area contributed by atoms with Gasteiger partial charge < -0.3 is 4.74 Å².